The van der Waals surface area contributed by atoms with Crippen molar-refractivity contribution in [3.05, 3.63) is 47.5 Å². The molecule has 0 radical (unpaired) electrons. The molecule has 0 amide bonds. The molecule has 2 aromatic rings. The van der Waals surface area contributed by atoms with E-state index in [9.17, 15) is 4.39 Å². The van der Waals surface area contributed by atoms with Gasteiger partial charge in [0.15, 0.2) is 0 Å². The summed E-state index contributed by atoms with van der Waals surface area (Å²) in [6, 6.07) is 6.51. The molecule has 0 fully saturated rings. The van der Waals surface area contributed by atoms with Crippen molar-refractivity contribution in [2.45, 2.75) is 19.5 Å². The van der Waals surface area contributed by atoms with Crippen LogP contribution in [-0.4, -0.2) is 24.2 Å². The quantitative estimate of drug-likeness (QED) is 0.886. The number of benzene rings is 1. The third-order valence-corrected chi connectivity index (χ3v) is 3.21. The van der Waals surface area contributed by atoms with Gasteiger partial charge in [0.25, 0.3) is 0 Å². The Balaban J connectivity index is 2.15. The van der Waals surface area contributed by atoms with E-state index in [1.54, 1.807) is 12.1 Å². The second-order valence-electron chi connectivity index (χ2n) is 4.49. The van der Waals surface area contributed by atoms with Crippen molar-refractivity contribution in [2.24, 2.45) is 0 Å². The molecular formula is C15H18FN3O2. The number of methoxy groups -OCH3 is 2. The van der Waals surface area contributed by atoms with Gasteiger partial charge in [0.1, 0.15) is 12.1 Å². The Labute approximate surface area is 123 Å². The normalized spacial score (nSPS) is 12.0. The van der Waals surface area contributed by atoms with Crippen molar-refractivity contribution in [2.75, 3.05) is 14.2 Å². The molecule has 1 aromatic carbocycles. The molecule has 1 aromatic heterocycles. The molecule has 0 aliphatic carbocycles. The Bertz CT molecular complexity index is 585. The number of hydrogen-bond donors (Lipinski definition) is 1. The average molecular weight is 291 g/mol. The van der Waals surface area contributed by atoms with Gasteiger partial charge in [0.05, 0.1) is 19.8 Å². The molecule has 2 rings (SSSR count). The van der Waals surface area contributed by atoms with E-state index in [1.165, 1.54) is 26.6 Å². The first-order valence-corrected chi connectivity index (χ1v) is 6.57. The topological polar surface area (TPSA) is 56.3 Å². The third kappa shape index (κ3) is 3.46. The fourth-order valence-electron chi connectivity index (χ4n) is 2.08. The van der Waals surface area contributed by atoms with Gasteiger partial charge >= 0.3 is 0 Å². The van der Waals surface area contributed by atoms with Crippen LogP contribution in [0.5, 0.6) is 11.8 Å². The Morgan fingerprint density at radius 1 is 1.14 bits per heavy atom. The van der Waals surface area contributed by atoms with E-state index in [4.69, 9.17) is 9.47 Å². The van der Waals surface area contributed by atoms with Crippen LogP contribution >= 0.6 is 0 Å². The lowest BCUT2D eigenvalue weighted by Gasteiger charge is -2.17. The van der Waals surface area contributed by atoms with E-state index in [0.29, 0.717) is 29.4 Å². The van der Waals surface area contributed by atoms with Crippen LogP contribution < -0.4 is 14.8 Å². The third-order valence-electron chi connectivity index (χ3n) is 3.21. The van der Waals surface area contributed by atoms with Crippen LogP contribution in [0.4, 0.5) is 4.39 Å². The summed E-state index contributed by atoms with van der Waals surface area (Å²) in [7, 11) is 3.07. The number of ether oxygens (including phenoxy) is 2. The lowest BCUT2D eigenvalue weighted by molar-refractivity contribution is 0.357. The van der Waals surface area contributed by atoms with Crippen LogP contribution in [0.25, 0.3) is 0 Å². The molecule has 0 aliphatic rings. The van der Waals surface area contributed by atoms with Crippen LogP contribution in [0.2, 0.25) is 0 Å². The molecule has 6 heteroatoms. The van der Waals surface area contributed by atoms with Crippen molar-refractivity contribution in [3.63, 3.8) is 0 Å². The molecular weight excluding hydrogens is 273 g/mol. The highest BCUT2D eigenvalue weighted by Crippen LogP contribution is 2.24. The predicted octanol–water partition coefficient (Wildman–Crippen LogP) is 2.48. The molecule has 1 N–H and O–H groups in total. The molecule has 21 heavy (non-hydrogen) atoms. The van der Waals surface area contributed by atoms with E-state index in [2.05, 4.69) is 15.3 Å². The highest BCUT2D eigenvalue weighted by Gasteiger charge is 2.15. The van der Waals surface area contributed by atoms with Gasteiger partial charge in [-0.3, -0.25) is 0 Å². The highest BCUT2D eigenvalue weighted by molar-refractivity contribution is 5.34. The number of halogens is 1. The molecule has 0 bridgehead atoms. The maximum atomic E-state index is 13.7. The van der Waals surface area contributed by atoms with Gasteiger partial charge in [-0.15, -0.1) is 0 Å². The van der Waals surface area contributed by atoms with Gasteiger partial charge in [0.2, 0.25) is 11.8 Å². The van der Waals surface area contributed by atoms with Crippen LogP contribution in [0.3, 0.4) is 0 Å². The number of hydrogen-bond acceptors (Lipinski definition) is 5. The first kappa shape index (κ1) is 15.2. The van der Waals surface area contributed by atoms with Crippen molar-refractivity contribution < 1.29 is 13.9 Å². The summed E-state index contributed by atoms with van der Waals surface area (Å²) in [6.07, 6.45) is 1.38. The number of aromatic nitrogens is 2. The second kappa shape index (κ2) is 6.99. The summed E-state index contributed by atoms with van der Waals surface area (Å²) in [5, 5.41) is 3.23. The average Bonchev–Trinajstić information content (AvgIpc) is 2.52. The zero-order valence-corrected chi connectivity index (χ0v) is 12.3. The number of nitrogens with one attached hydrogen (secondary N) is 1. The first-order chi connectivity index (χ1) is 10.2. The monoisotopic (exact) mass is 291 g/mol. The van der Waals surface area contributed by atoms with E-state index in [0.717, 1.165) is 0 Å². The summed E-state index contributed by atoms with van der Waals surface area (Å²) in [4.78, 5) is 8.09. The fraction of sp³-hybridized carbons (Fsp3) is 0.333. The van der Waals surface area contributed by atoms with Crippen LogP contribution in [0.1, 0.15) is 24.1 Å². The first-order valence-electron chi connectivity index (χ1n) is 6.57. The highest BCUT2D eigenvalue weighted by atomic mass is 19.1. The summed E-state index contributed by atoms with van der Waals surface area (Å²) in [5.41, 5.74) is 1.30. The molecule has 0 saturated heterocycles. The van der Waals surface area contributed by atoms with Crippen LogP contribution in [-0.2, 0) is 6.54 Å². The van der Waals surface area contributed by atoms with Gasteiger partial charge in [-0.25, -0.2) is 14.4 Å². The van der Waals surface area contributed by atoms with Gasteiger partial charge in [-0.1, -0.05) is 18.2 Å². The molecule has 0 saturated carbocycles. The Morgan fingerprint density at radius 3 is 2.33 bits per heavy atom. The summed E-state index contributed by atoms with van der Waals surface area (Å²) in [5.74, 6) is 0.644. The fourth-order valence-corrected chi connectivity index (χ4v) is 2.08. The summed E-state index contributed by atoms with van der Waals surface area (Å²) < 4.78 is 24.2. The Hall–Kier alpha value is -2.21. The Kier molecular flexibility index (Phi) is 5.05. The van der Waals surface area contributed by atoms with Crippen LogP contribution in [0.15, 0.2) is 30.6 Å². The molecule has 1 heterocycles. The van der Waals surface area contributed by atoms with Crippen molar-refractivity contribution in [1.29, 1.82) is 0 Å². The van der Waals surface area contributed by atoms with E-state index in [1.807, 2.05) is 13.0 Å². The SMILES string of the molecule is COc1ncnc(OC)c1CNC(C)c1ccccc1F. The standard InChI is InChI=1S/C15H18FN3O2/c1-10(11-6-4-5-7-13(11)16)17-8-12-14(20-2)18-9-19-15(12)21-3/h4-7,9-10,17H,8H2,1-3H3. The molecule has 1 atom stereocenters. The summed E-state index contributed by atoms with van der Waals surface area (Å²) in [6.45, 7) is 2.30. The largest absolute Gasteiger partial charge is 0.481 e. The number of nitrogens with zero attached hydrogens (tertiary/aromatic N) is 2. The lowest BCUT2D eigenvalue weighted by Crippen LogP contribution is -2.20. The Morgan fingerprint density at radius 2 is 1.76 bits per heavy atom. The van der Waals surface area contributed by atoms with E-state index < -0.39 is 0 Å². The van der Waals surface area contributed by atoms with Gasteiger partial charge in [-0.05, 0) is 13.0 Å². The maximum absolute atomic E-state index is 13.7. The van der Waals surface area contributed by atoms with Crippen molar-refractivity contribution in [1.82, 2.24) is 15.3 Å². The number of rotatable bonds is 6. The minimum absolute atomic E-state index is 0.166. The van der Waals surface area contributed by atoms with Gasteiger partial charge in [-0.2, -0.15) is 0 Å². The smallest absolute Gasteiger partial charge is 0.224 e. The molecule has 0 aliphatic heterocycles. The van der Waals surface area contributed by atoms with Gasteiger partial charge < -0.3 is 14.8 Å². The summed E-state index contributed by atoms with van der Waals surface area (Å²) >= 11 is 0. The van der Waals surface area contributed by atoms with Crippen molar-refractivity contribution >= 4 is 0 Å². The van der Waals surface area contributed by atoms with E-state index in [-0.39, 0.29) is 11.9 Å². The molecule has 1 unspecified atom stereocenters. The van der Waals surface area contributed by atoms with E-state index >= 15 is 0 Å². The second-order valence-corrected chi connectivity index (χ2v) is 4.49. The predicted molar refractivity (Wildman–Crippen MR) is 76.8 cm³/mol. The lowest BCUT2D eigenvalue weighted by atomic mass is 10.1. The molecule has 0 spiro atoms. The van der Waals surface area contributed by atoms with Crippen molar-refractivity contribution in [3.8, 4) is 11.8 Å². The zero-order valence-electron chi connectivity index (χ0n) is 12.3. The molecule has 5 nitrogen and oxygen atoms in total. The zero-order chi connectivity index (χ0) is 15.2. The van der Waals surface area contributed by atoms with Gasteiger partial charge in [0, 0.05) is 18.2 Å². The van der Waals surface area contributed by atoms with Crippen LogP contribution in [0, 0.1) is 5.82 Å². The minimum Gasteiger partial charge on any atom is -0.481 e. The maximum Gasteiger partial charge on any atom is 0.224 e. The molecule has 112 valence electrons. The minimum atomic E-state index is -0.235.